The lowest BCUT2D eigenvalue weighted by atomic mass is 9.88. The summed E-state index contributed by atoms with van der Waals surface area (Å²) in [5.41, 5.74) is -0.0645. The molecule has 1 N–H and O–H groups in total. The van der Waals surface area contributed by atoms with Crippen molar-refractivity contribution in [3.63, 3.8) is 0 Å². The van der Waals surface area contributed by atoms with Crippen LogP contribution in [0.5, 0.6) is 0 Å². The Kier molecular flexibility index (Phi) is 5.76. The van der Waals surface area contributed by atoms with E-state index in [2.05, 4.69) is 17.0 Å². The van der Waals surface area contributed by atoms with Gasteiger partial charge in [0.15, 0.2) is 0 Å². The SMILES string of the molecule is CCCCCCC(O)(Cn1cncn1)c1ccc(Cl)cc1. The summed E-state index contributed by atoms with van der Waals surface area (Å²) in [6.45, 7) is 2.58. The Labute approximate surface area is 130 Å². The van der Waals surface area contributed by atoms with Crippen LogP contribution in [0, 0.1) is 0 Å². The van der Waals surface area contributed by atoms with E-state index in [0.717, 1.165) is 18.4 Å². The van der Waals surface area contributed by atoms with E-state index in [1.807, 2.05) is 24.3 Å². The fourth-order valence-electron chi connectivity index (χ4n) is 2.50. The van der Waals surface area contributed by atoms with Crippen LogP contribution in [0.3, 0.4) is 0 Å². The minimum Gasteiger partial charge on any atom is -0.383 e. The van der Waals surface area contributed by atoms with Crippen molar-refractivity contribution >= 4 is 11.6 Å². The van der Waals surface area contributed by atoms with Crippen molar-refractivity contribution in [2.45, 2.75) is 51.2 Å². The van der Waals surface area contributed by atoms with Crippen LogP contribution in [0.2, 0.25) is 5.02 Å². The van der Waals surface area contributed by atoms with Crippen LogP contribution >= 0.6 is 11.6 Å². The van der Waals surface area contributed by atoms with E-state index in [1.165, 1.54) is 19.2 Å². The number of unbranched alkanes of at least 4 members (excludes halogenated alkanes) is 3. The summed E-state index contributed by atoms with van der Waals surface area (Å²) in [4.78, 5) is 3.94. The smallest absolute Gasteiger partial charge is 0.137 e. The normalized spacial score (nSPS) is 14.0. The van der Waals surface area contributed by atoms with Gasteiger partial charge in [-0.2, -0.15) is 5.10 Å². The first kappa shape index (κ1) is 16.0. The van der Waals surface area contributed by atoms with Gasteiger partial charge in [-0.15, -0.1) is 0 Å². The molecule has 0 aliphatic rings. The van der Waals surface area contributed by atoms with Crippen LogP contribution in [0.4, 0.5) is 0 Å². The zero-order valence-corrected chi connectivity index (χ0v) is 13.1. The number of aromatic nitrogens is 3. The van der Waals surface area contributed by atoms with Crippen LogP contribution in [0.15, 0.2) is 36.9 Å². The quantitative estimate of drug-likeness (QED) is 0.755. The van der Waals surface area contributed by atoms with Crippen molar-refractivity contribution in [1.29, 1.82) is 0 Å². The van der Waals surface area contributed by atoms with Gasteiger partial charge in [0.1, 0.15) is 18.3 Å². The molecule has 0 bridgehead atoms. The molecule has 5 heteroatoms. The van der Waals surface area contributed by atoms with E-state index in [1.54, 1.807) is 11.0 Å². The fourth-order valence-corrected chi connectivity index (χ4v) is 2.63. The summed E-state index contributed by atoms with van der Waals surface area (Å²) in [5, 5.41) is 15.9. The average Bonchev–Trinajstić information content (AvgIpc) is 2.97. The van der Waals surface area contributed by atoms with Gasteiger partial charge in [-0.3, -0.25) is 0 Å². The summed E-state index contributed by atoms with van der Waals surface area (Å²) < 4.78 is 1.68. The van der Waals surface area contributed by atoms with Crippen molar-refractivity contribution in [1.82, 2.24) is 14.8 Å². The maximum absolute atomic E-state index is 11.1. The number of benzene rings is 1. The third-order valence-corrected chi connectivity index (χ3v) is 3.97. The van der Waals surface area contributed by atoms with E-state index < -0.39 is 5.60 Å². The lowest BCUT2D eigenvalue weighted by molar-refractivity contribution is 0.00378. The van der Waals surface area contributed by atoms with Crippen molar-refractivity contribution < 1.29 is 5.11 Å². The standard InChI is InChI=1S/C16H22ClN3O/c1-2-3-4-5-10-16(21,11-20-13-18-12-19-20)14-6-8-15(17)9-7-14/h6-9,12-13,21H,2-5,10-11H2,1H3. The van der Waals surface area contributed by atoms with Crippen molar-refractivity contribution in [2.75, 3.05) is 0 Å². The predicted octanol–water partition coefficient (Wildman–Crippen LogP) is 3.79. The first-order valence-corrected chi connectivity index (χ1v) is 7.83. The molecule has 1 aromatic heterocycles. The lowest BCUT2D eigenvalue weighted by Gasteiger charge is -2.28. The van der Waals surface area contributed by atoms with Crippen LogP contribution in [0.25, 0.3) is 0 Å². The molecule has 2 aromatic rings. The Morgan fingerprint density at radius 3 is 2.57 bits per heavy atom. The third kappa shape index (κ3) is 4.55. The van der Waals surface area contributed by atoms with Gasteiger partial charge in [0.2, 0.25) is 0 Å². The van der Waals surface area contributed by atoms with E-state index in [9.17, 15) is 5.11 Å². The maximum atomic E-state index is 11.1. The van der Waals surface area contributed by atoms with E-state index in [-0.39, 0.29) is 0 Å². The van der Waals surface area contributed by atoms with E-state index in [4.69, 9.17) is 11.6 Å². The molecule has 1 unspecified atom stereocenters. The van der Waals surface area contributed by atoms with Crippen molar-refractivity contribution in [2.24, 2.45) is 0 Å². The summed E-state index contributed by atoms with van der Waals surface area (Å²) in [7, 11) is 0. The van der Waals surface area contributed by atoms with Crippen LogP contribution in [-0.2, 0) is 12.1 Å². The molecule has 4 nitrogen and oxygen atoms in total. The molecule has 0 saturated heterocycles. The average molecular weight is 308 g/mol. The molecule has 1 atom stereocenters. The van der Waals surface area contributed by atoms with Gasteiger partial charge in [-0.25, -0.2) is 9.67 Å². The van der Waals surface area contributed by atoms with E-state index in [0.29, 0.717) is 18.0 Å². The molecule has 2 rings (SSSR count). The molecule has 1 heterocycles. The first-order valence-electron chi connectivity index (χ1n) is 7.45. The maximum Gasteiger partial charge on any atom is 0.137 e. The van der Waals surface area contributed by atoms with Crippen LogP contribution in [-0.4, -0.2) is 19.9 Å². The van der Waals surface area contributed by atoms with Crippen LogP contribution in [0.1, 0.15) is 44.6 Å². The zero-order valence-electron chi connectivity index (χ0n) is 12.4. The first-order chi connectivity index (χ1) is 10.1. The molecule has 0 aliphatic heterocycles. The Morgan fingerprint density at radius 1 is 1.19 bits per heavy atom. The molecule has 0 radical (unpaired) electrons. The van der Waals surface area contributed by atoms with Gasteiger partial charge < -0.3 is 5.11 Å². The molecule has 0 fully saturated rings. The van der Waals surface area contributed by atoms with Crippen LogP contribution < -0.4 is 0 Å². The highest BCUT2D eigenvalue weighted by Crippen LogP contribution is 2.30. The Morgan fingerprint density at radius 2 is 1.95 bits per heavy atom. The summed E-state index contributed by atoms with van der Waals surface area (Å²) >= 11 is 5.94. The van der Waals surface area contributed by atoms with Gasteiger partial charge in [0.25, 0.3) is 0 Å². The number of hydrogen-bond acceptors (Lipinski definition) is 3. The molecule has 0 saturated carbocycles. The van der Waals surface area contributed by atoms with Crippen molar-refractivity contribution in [3.8, 4) is 0 Å². The minimum absolute atomic E-state index is 0.404. The van der Waals surface area contributed by atoms with E-state index >= 15 is 0 Å². The second kappa shape index (κ2) is 7.57. The second-order valence-corrected chi connectivity index (χ2v) is 5.88. The topological polar surface area (TPSA) is 50.9 Å². The molecular weight excluding hydrogens is 286 g/mol. The molecular formula is C16H22ClN3O. The van der Waals surface area contributed by atoms with Gasteiger partial charge >= 0.3 is 0 Å². The Hall–Kier alpha value is -1.39. The summed E-state index contributed by atoms with van der Waals surface area (Å²) in [6.07, 6.45) is 8.31. The minimum atomic E-state index is -0.938. The van der Waals surface area contributed by atoms with Crippen molar-refractivity contribution in [3.05, 3.63) is 47.5 Å². The fraction of sp³-hybridized carbons (Fsp3) is 0.500. The number of hydrogen-bond donors (Lipinski definition) is 1. The molecule has 0 aliphatic carbocycles. The Bertz CT molecular complexity index is 527. The highest BCUT2D eigenvalue weighted by molar-refractivity contribution is 6.30. The van der Waals surface area contributed by atoms with Gasteiger partial charge in [0, 0.05) is 5.02 Å². The molecule has 114 valence electrons. The molecule has 0 amide bonds. The third-order valence-electron chi connectivity index (χ3n) is 3.72. The largest absolute Gasteiger partial charge is 0.383 e. The summed E-state index contributed by atoms with van der Waals surface area (Å²) in [6, 6.07) is 7.41. The molecule has 21 heavy (non-hydrogen) atoms. The number of aliphatic hydroxyl groups is 1. The summed E-state index contributed by atoms with van der Waals surface area (Å²) in [5.74, 6) is 0. The number of halogens is 1. The predicted molar refractivity (Wildman–Crippen MR) is 84.1 cm³/mol. The van der Waals surface area contributed by atoms with Gasteiger partial charge in [0.05, 0.1) is 6.54 Å². The highest BCUT2D eigenvalue weighted by atomic mass is 35.5. The van der Waals surface area contributed by atoms with Gasteiger partial charge in [-0.1, -0.05) is 56.3 Å². The van der Waals surface area contributed by atoms with Gasteiger partial charge in [-0.05, 0) is 24.1 Å². The monoisotopic (exact) mass is 307 g/mol. The lowest BCUT2D eigenvalue weighted by Crippen LogP contribution is -2.31. The molecule has 0 spiro atoms. The zero-order chi connectivity index (χ0) is 15.1. The Balaban J connectivity index is 2.14. The highest BCUT2D eigenvalue weighted by Gasteiger charge is 2.29. The number of rotatable bonds is 8. The molecule has 1 aromatic carbocycles. The number of nitrogens with zero attached hydrogens (tertiary/aromatic N) is 3. The second-order valence-electron chi connectivity index (χ2n) is 5.44.